The fourth-order valence-electron chi connectivity index (χ4n) is 2.99. The maximum atomic E-state index is 12.0. The van der Waals surface area contributed by atoms with Crippen LogP contribution in [0, 0.1) is 0 Å². The number of hydrogen-bond acceptors (Lipinski definition) is 6. The van der Waals surface area contributed by atoms with Gasteiger partial charge >= 0.3 is 7.12 Å². The zero-order valence-electron chi connectivity index (χ0n) is 16.7. The topological polar surface area (TPSA) is 75.2 Å². The number of benzene rings is 1. The van der Waals surface area contributed by atoms with Crippen molar-refractivity contribution in [2.24, 2.45) is 0 Å². The molecule has 7 nitrogen and oxygen atoms in total. The van der Waals surface area contributed by atoms with Gasteiger partial charge in [0.1, 0.15) is 0 Å². The Morgan fingerprint density at radius 3 is 2.52 bits per heavy atom. The lowest BCUT2D eigenvalue weighted by Gasteiger charge is -2.32. The van der Waals surface area contributed by atoms with Gasteiger partial charge in [-0.3, -0.25) is 4.79 Å². The van der Waals surface area contributed by atoms with Crippen molar-refractivity contribution in [2.45, 2.75) is 51.4 Å². The molecule has 0 aliphatic carbocycles. The molecule has 0 saturated carbocycles. The smallest absolute Gasteiger partial charge is 0.493 e. The second-order valence-corrected chi connectivity index (χ2v) is 7.92. The van der Waals surface area contributed by atoms with E-state index < -0.39 is 18.3 Å². The van der Waals surface area contributed by atoms with Crippen LogP contribution in [0.2, 0.25) is 0 Å². The van der Waals surface area contributed by atoms with Crippen molar-refractivity contribution in [1.82, 2.24) is 5.32 Å². The summed E-state index contributed by atoms with van der Waals surface area (Å²) >= 11 is 0. The first-order chi connectivity index (χ1) is 12.7. The molecule has 0 aromatic heterocycles. The Balaban J connectivity index is 1.63. The van der Waals surface area contributed by atoms with Crippen molar-refractivity contribution in [3.63, 3.8) is 0 Å². The predicted molar refractivity (Wildman–Crippen MR) is 102 cm³/mol. The largest absolute Gasteiger partial charge is 0.494 e. The van der Waals surface area contributed by atoms with Crippen LogP contribution >= 0.6 is 0 Å². The highest BCUT2D eigenvalue weighted by molar-refractivity contribution is 6.62. The van der Waals surface area contributed by atoms with Gasteiger partial charge in [0.25, 0.3) is 5.91 Å². The van der Waals surface area contributed by atoms with Gasteiger partial charge in [0.2, 0.25) is 0 Å². The summed E-state index contributed by atoms with van der Waals surface area (Å²) in [6.07, 6.45) is 0.831. The van der Waals surface area contributed by atoms with Gasteiger partial charge in [-0.05, 0) is 51.7 Å². The fourth-order valence-corrected chi connectivity index (χ4v) is 2.99. The number of carbonyl (C=O) groups is 1. The molecule has 2 heterocycles. The molecular weight excluding hydrogens is 349 g/mol. The highest BCUT2D eigenvalue weighted by Crippen LogP contribution is 2.37. The van der Waals surface area contributed by atoms with Gasteiger partial charge in [0.15, 0.2) is 18.1 Å². The Labute approximate surface area is 160 Å². The van der Waals surface area contributed by atoms with E-state index in [1.165, 1.54) is 0 Å². The lowest BCUT2D eigenvalue weighted by atomic mass is 9.79. The van der Waals surface area contributed by atoms with E-state index in [1.807, 2.05) is 39.8 Å². The van der Waals surface area contributed by atoms with E-state index in [-0.39, 0.29) is 18.6 Å². The maximum absolute atomic E-state index is 12.0. The van der Waals surface area contributed by atoms with Crippen molar-refractivity contribution in [1.29, 1.82) is 0 Å². The molecular formula is C19H28BNO6. The molecule has 2 aliphatic heterocycles. The summed E-state index contributed by atoms with van der Waals surface area (Å²) in [6, 6.07) is 5.52. The molecule has 8 heteroatoms. The zero-order chi connectivity index (χ0) is 19.7. The lowest BCUT2D eigenvalue weighted by molar-refractivity contribution is -0.123. The van der Waals surface area contributed by atoms with Gasteiger partial charge in [-0.25, -0.2) is 0 Å². The Hall–Kier alpha value is -1.77. The minimum Gasteiger partial charge on any atom is -0.493 e. The highest BCUT2D eigenvalue weighted by Gasteiger charge is 2.51. The molecule has 1 amide bonds. The van der Waals surface area contributed by atoms with Crippen molar-refractivity contribution < 1.29 is 28.3 Å². The molecule has 1 N–H and O–H groups in total. The number of methoxy groups -OCH3 is 1. The van der Waals surface area contributed by atoms with Crippen LogP contribution in [0.15, 0.2) is 18.2 Å². The van der Waals surface area contributed by atoms with Crippen LogP contribution < -0.4 is 20.3 Å². The first kappa shape index (κ1) is 20.0. The third-order valence-corrected chi connectivity index (χ3v) is 5.37. The third kappa shape index (κ3) is 4.39. The van der Waals surface area contributed by atoms with Crippen LogP contribution in [-0.2, 0) is 18.8 Å². The molecule has 2 saturated heterocycles. The summed E-state index contributed by atoms with van der Waals surface area (Å²) in [5, 5.41) is 2.89. The first-order valence-corrected chi connectivity index (χ1v) is 9.25. The van der Waals surface area contributed by atoms with E-state index in [0.717, 1.165) is 11.9 Å². The number of rotatable bonds is 6. The molecule has 1 atom stereocenters. The molecule has 0 spiro atoms. The molecule has 0 bridgehead atoms. The van der Waals surface area contributed by atoms with E-state index in [9.17, 15) is 4.79 Å². The predicted octanol–water partition coefficient (Wildman–Crippen LogP) is 1.28. The third-order valence-electron chi connectivity index (χ3n) is 5.37. The first-order valence-electron chi connectivity index (χ1n) is 9.25. The zero-order valence-corrected chi connectivity index (χ0v) is 16.7. The van der Waals surface area contributed by atoms with E-state index in [2.05, 4.69) is 5.32 Å². The molecule has 0 radical (unpaired) electrons. The number of nitrogens with one attached hydrogen (secondary N) is 1. The van der Waals surface area contributed by atoms with Crippen LogP contribution in [0.1, 0.15) is 34.1 Å². The van der Waals surface area contributed by atoms with Crippen LogP contribution in [0.3, 0.4) is 0 Å². The second-order valence-electron chi connectivity index (χ2n) is 7.92. The SMILES string of the molecule is COc1cc(B2OC(C)(C)C(C)(C)O2)ccc1OCC(=O)NC1CCOC1. The summed E-state index contributed by atoms with van der Waals surface area (Å²) in [7, 11) is 1.08. The van der Waals surface area contributed by atoms with Gasteiger partial charge in [-0.1, -0.05) is 6.07 Å². The van der Waals surface area contributed by atoms with Crippen LogP contribution in [-0.4, -0.2) is 57.2 Å². The van der Waals surface area contributed by atoms with E-state index in [4.69, 9.17) is 23.5 Å². The van der Waals surface area contributed by atoms with Crippen LogP contribution in [0.4, 0.5) is 0 Å². The second kappa shape index (κ2) is 7.69. The molecule has 2 fully saturated rings. The maximum Gasteiger partial charge on any atom is 0.494 e. The fraction of sp³-hybridized carbons (Fsp3) is 0.632. The van der Waals surface area contributed by atoms with E-state index in [1.54, 1.807) is 13.2 Å². The van der Waals surface area contributed by atoms with Crippen molar-refractivity contribution in [2.75, 3.05) is 26.9 Å². The summed E-state index contributed by atoms with van der Waals surface area (Å²) < 4.78 is 28.5. The van der Waals surface area contributed by atoms with Gasteiger partial charge in [0.05, 0.1) is 31.0 Å². The molecule has 2 aliphatic rings. The molecule has 27 heavy (non-hydrogen) atoms. The van der Waals surface area contributed by atoms with E-state index >= 15 is 0 Å². The number of ether oxygens (including phenoxy) is 3. The van der Waals surface area contributed by atoms with Crippen LogP contribution in [0.5, 0.6) is 11.5 Å². The minimum atomic E-state index is -0.483. The molecule has 1 unspecified atom stereocenters. The number of hydrogen-bond donors (Lipinski definition) is 1. The summed E-state index contributed by atoms with van der Waals surface area (Å²) in [4.78, 5) is 12.0. The lowest BCUT2D eigenvalue weighted by Crippen LogP contribution is -2.41. The van der Waals surface area contributed by atoms with Crippen molar-refractivity contribution in [3.8, 4) is 11.5 Å². The Morgan fingerprint density at radius 2 is 1.93 bits per heavy atom. The van der Waals surface area contributed by atoms with Gasteiger partial charge < -0.3 is 28.8 Å². The normalized spacial score (nSPS) is 23.3. The average Bonchev–Trinajstić information content (AvgIpc) is 3.18. The van der Waals surface area contributed by atoms with Gasteiger partial charge in [-0.15, -0.1) is 0 Å². The number of amides is 1. The Bertz CT molecular complexity index is 671. The molecule has 148 valence electrons. The van der Waals surface area contributed by atoms with Crippen molar-refractivity contribution in [3.05, 3.63) is 18.2 Å². The quantitative estimate of drug-likeness (QED) is 0.753. The Morgan fingerprint density at radius 1 is 1.22 bits per heavy atom. The van der Waals surface area contributed by atoms with Crippen molar-refractivity contribution >= 4 is 18.5 Å². The molecule has 1 aromatic rings. The minimum absolute atomic E-state index is 0.0637. The van der Waals surface area contributed by atoms with E-state index in [0.29, 0.717) is 24.7 Å². The monoisotopic (exact) mass is 377 g/mol. The summed E-state index contributed by atoms with van der Waals surface area (Å²) in [6.45, 7) is 9.19. The summed E-state index contributed by atoms with van der Waals surface area (Å²) in [5.41, 5.74) is 0.00920. The molecule has 1 aromatic carbocycles. The number of carbonyl (C=O) groups excluding carboxylic acids is 1. The van der Waals surface area contributed by atoms with Gasteiger partial charge in [0, 0.05) is 6.61 Å². The highest BCUT2D eigenvalue weighted by atomic mass is 16.7. The average molecular weight is 377 g/mol. The van der Waals surface area contributed by atoms with Gasteiger partial charge in [-0.2, -0.15) is 0 Å². The Kier molecular flexibility index (Phi) is 5.69. The molecule has 3 rings (SSSR count). The summed E-state index contributed by atoms with van der Waals surface area (Å²) in [5.74, 6) is 0.845. The standard InChI is InChI=1S/C19H28BNO6/c1-18(2)19(3,4)27-20(26-18)13-6-7-15(16(10-13)23-5)25-12-17(22)21-14-8-9-24-11-14/h6-7,10,14H,8-9,11-12H2,1-5H3,(H,21,22). The van der Waals surface area contributed by atoms with Crippen LogP contribution in [0.25, 0.3) is 0 Å².